The third kappa shape index (κ3) is 3.28. The molecule has 0 saturated heterocycles. The summed E-state index contributed by atoms with van der Waals surface area (Å²) in [6.45, 7) is 2.40. The van der Waals surface area contributed by atoms with Crippen molar-refractivity contribution in [3.63, 3.8) is 0 Å². The van der Waals surface area contributed by atoms with Crippen LogP contribution in [0.15, 0.2) is 24.3 Å². The van der Waals surface area contributed by atoms with Gasteiger partial charge in [-0.1, -0.05) is 6.07 Å². The van der Waals surface area contributed by atoms with Crippen LogP contribution in [-0.4, -0.2) is 23.6 Å². The number of aryl methyl sites for hydroxylation is 1. The van der Waals surface area contributed by atoms with Crippen LogP contribution in [0.5, 0.6) is 5.75 Å². The Kier molecular flexibility index (Phi) is 4.85. The van der Waals surface area contributed by atoms with Gasteiger partial charge in [-0.25, -0.2) is 4.79 Å². The van der Waals surface area contributed by atoms with Gasteiger partial charge in [0.1, 0.15) is 10.8 Å². The lowest BCUT2D eigenvalue weighted by Gasteiger charge is -2.10. The van der Waals surface area contributed by atoms with Gasteiger partial charge in [-0.3, -0.25) is 4.79 Å². The minimum Gasteiger partial charge on any atom is -0.494 e. The fraction of sp³-hybridized carbons (Fsp3) is 0.333. The van der Waals surface area contributed by atoms with Gasteiger partial charge in [0, 0.05) is 10.4 Å². The number of nitrogens with one attached hydrogen (secondary N) is 1. The van der Waals surface area contributed by atoms with E-state index >= 15 is 0 Å². The number of fused-ring (bicyclic) bond motifs is 1. The Hall–Kier alpha value is -2.34. The highest BCUT2D eigenvalue weighted by molar-refractivity contribution is 7.17. The topological polar surface area (TPSA) is 75.6 Å². The molecule has 1 amide bonds. The second-order valence-electron chi connectivity index (χ2n) is 5.64. The van der Waals surface area contributed by atoms with E-state index in [1.165, 1.54) is 11.3 Å². The van der Waals surface area contributed by atoms with Crippen LogP contribution in [0.4, 0.5) is 5.00 Å². The number of amides is 1. The minimum absolute atomic E-state index is 0.254. The third-order valence-electron chi connectivity index (χ3n) is 4.02. The summed E-state index contributed by atoms with van der Waals surface area (Å²) in [6, 6.07) is 6.88. The van der Waals surface area contributed by atoms with Crippen LogP contribution in [-0.2, 0) is 12.8 Å². The van der Waals surface area contributed by atoms with Crippen LogP contribution >= 0.6 is 11.3 Å². The molecule has 0 unspecified atom stereocenters. The average Bonchev–Trinajstić information content (AvgIpc) is 2.93. The van der Waals surface area contributed by atoms with Crippen LogP contribution < -0.4 is 10.1 Å². The van der Waals surface area contributed by atoms with Crippen LogP contribution in [0.3, 0.4) is 0 Å². The smallest absolute Gasteiger partial charge is 0.339 e. The van der Waals surface area contributed by atoms with Gasteiger partial charge >= 0.3 is 5.97 Å². The van der Waals surface area contributed by atoms with Gasteiger partial charge in [-0.2, -0.15) is 0 Å². The summed E-state index contributed by atoms with van der Waals surface area (Å²) < 4.78 is 5.40. The second kappa shape index (κ2) is 7.05. The molecule has 1 aromatic carbocycles. The zero-order valence-corrected chi connectivity index (χ0v) is 14.2. The number of rotatable bonds is 5. The Bertz CT molecular complexity index is 781. The SMILES string of the molecule is CCOc1cccc(C(=O)Nc2sc3c(c2C(=O)O)CCCC3)c1. The number of carboxylic acids is 1. The van der Waals surface area contributed by atoms with Crippen molar-refractivity contribution >= 4 is 28.2 Å². The second-order valence-corrected chi connectivity index (χ2v) is 6.74. The van der Waals surface area contributed by atoms with Crippen molar-refractivity contribution in [1.82, 2.24) is 0 Å². The highest BCUT2D eigenvalue weighted by atomic mass is 32.1. The van der Waals surface area contributed by atoms with Gasteiger partial charge in [0.25, 0.3) is 5.91 Å². The molecule has 6 heteroatoms. The summed E-state index contributed by atoms with van der Waals surface area (Å²) in [6.07, 6.45) is 3.71. The molecule has 3 rings (SSSR count). The Morgan fingerprint density at radius 1 is 1.29 bits per heavy atom. The summed E-state index contributed by atoms with van der Waals surface area (Å²) in [5, 5.41) is 12.8. The largest absolute Gasteiger partial charge is 0.494 e. The molecule has 5 nitrogen and oxygen atoms in total. The summed E-state index contributed by atoms with van der Waals surface area (Å²) >= 11 is 1.38. The predicted octanol–water partition coefficient (Wildman–Crippen LogP) is 3.98. The van der Waals surface area contributed by atoms with Gasteiger partial charge in [0.15, 0.2) is 0 Å². The normalized spacial score (nSPS) is 13.2. The van der Waals surface area contributed by atoms with E-state index in [2.05, 4.69) is 5.32 Å². The Morgan fingerprint density at radius 3 is 2.83 bits per heavy atom. The monoisotopic (exact) mass is 345 g/mol. The average molecular weight is 345 g/mol. The molecule has 0 aliphatic heterocycles. The molecule has 126 valence electrons. The number of anilines is 1. The summed E-state index contributed by atoms with van der Waals surface area (Å²) in [5.74, 6) is -0.681. The van der Waals surface area contributed by atoms with Gasteiger partial charge in [0.2, 0.25) is 0 Å². The molecule has 0 radical (unpaired) electrons. The molecule has 0 atom stereocenters. The molecule has 2 aromatic rings. The lowest BCUT2D eigenvalue weighted by molar-refractivity contribution is 0.0697. The zero-order chi connectivity index (χ0) is 17.1. The van der Waals surface area contributed by atoms with Gasteiger partial charge in [0.05, 0.1) is 12.2 Å². The van der Waals surface area contributed by atoms with E-state index in [-0.39, 0.29) is 11.5 Å². The van der Waals surface area contributed by atoms with Crippen molar-refractivity contribution in [2.45, 2.75) is 32.6 Å². The van der Waals surface area contributed by atoms with Gasteiger partial charge in [-0.15, -0.1) is 11.3 Å². The van der Waals surface area contributed by atoms with E-state index in [9.17, 15) is 14.7 Å². The molecule has 0 fully saturated rings. The number of hydrogen-bond donors (Lipinski definition) is 2. The Morgan fingerprint density at radius 2 is 2.08 bits per heavy atom. The lowest BCUT2D eigenvalue weighted by atomic mass is 9.95. The number of hydrogen-bond acceptors (Lipinski definition) is 4. The minimum atomic E-state index is -0.979. The summed E-state index contributed by atoms with van der Waals surface area (Å²) in [4.78, 5) is 25.2. The number of benzene rings is 1. The fourth-order valence-electron chi connectivity index (χ4n) is 2.95. The molecule has 0 bridgehead atoms. The van der Waals surface area contributed by atoms with E-state index in [1.807, 2.05) is 6.92 Å². The number of carbonyl (C=O) groups is 2. The molecule has 1 aromatic heterocycles. The van der Waals surface area contributed by atoms with Gasteiger partial charge in [-0.05, 0) is 56.4 Å². The van der Waals surface area contributed by atoms with Crippen LogP contribution in [0, 0.1) is 0 Å². The summed E-state index contributed by atoms with van der Waals surface area (Å²) in [5.41, 5.74) is 1.59. The molecule has 0 spiro atoms. The van der Waals surface area contributed by atoms with Crippen molar-refractivity contribution in [2.24, 2.45) is 0 Å². The predicted molar refractivity (Wildman–Crippen MR) is 93.5 cm³/mol. The maximum Gasteiger partial charge on any atom is 0.339 e. The van der Waals surface area contributed by atoms with Crippen LogP contribution in [0.2, 0.25) is 0 Å². The fourth-order valence-corrected chi connectivity index (χ4v) is 4.23. The maximum atomic E-state index is 12.5. The van der Waals surface area contributed by atoms with E-state index < -0.39 is 5.97 Å². The standard InChI is InChI=1S/C18H19NO4S/c1-2-23-12-7-5-6-11(10-12)16(20)19-17-15(18(21)22)13-8-3-4-9-14(13)24-17/h5-7,10H,2-4,8-9H2,1H3,(H,19,20)(H,21,22). The maximum absolute atomic E-state index is 12.5. The third-order valence-corrected chi connectivity index (χ3v) is 5.23. The molecule has 1 aliphatic rings. The lowest BCUT2D eigenvalue weighted by Crippen LogP contribution is -2.14. The molecule has 1 heterocycles. The number of carbonyl (C=O) groups excluding carboxylic acids is 1. The molecular weight excluding hydrogens is 326 g/mol. The van der Waals surface area contributed by atoms with Crippen molar-refractivity contribution in [3.8, 4) is 5.75 Å². The van der Waals surface area contributed by atoms with Gasteiger partial charge < -0.3 is 15.2 Å². The van der Waals surface area contributed by atoms with Crippen molar-refractivity contribution < 1.29 is 19.4 Å². The highest BCUT2D eigenvalue weighted by Crippen LogP contribution is 2.38. The number of aromatic carboxylic acids is 1. The first-order chi connectivity index (χ1) is 11.6. The Labute approximate surface area is 144 Å². The van der Waals surface area contributed by atoms with Crippen molar-refractivity contribution in [3.05, 3.63) is 45.8 Å². The van der Waals surface area contributed by atoms with E-state index in [0.717, 1.165) is 36.1 Å². The molecule has 0 saturated carbocycles. The van der Waals surface area contributed by atoms with Crippen molar-refractivity contribution in [1.29, 1.82) is 0 Å². The van der Waals surface area contributed by atoms with Crippen LogP contribution in [0.1, 0.15) is 50.9 Å². The quantitative estimate of drug-likeness (QED) is 0.859. The number of ether oxygens (including phenoxy) is 1. The van der Waals surface area contributed by atoms with Crippen molar-refractivity contribution in [2.75, 3.05) is 11.9 Å². The van der Waals surface area contributed by atoms with Crippen LogP contribution in [0.25, 0.3) is 0 Å². The zero-order valence-electron chi connectivity index (χ0n) is 13.4. The number of carboxylic acid groups (broad SMARTS) is 1. The first-order valence-corrected chi connectivity index (χ1v) is 8.83. The molecule has 24 heavy (non-hydrogen) atoms. The molecular formula is C18H19NO4S. The van der Waals surface area contributed by atoms with E-state index in [4.69, 9.17) is 4.74 Å². The summed E-state index contributed by atoms with van der Waals surface area (Å²) in [7, 11) is 0. The number of thiophene rings is 1. The first-order valence-electron chi connectivity index (χ1n) is 8.02. The molecule has 2 N–H and O–H groups in total. The highest BCUT2D eigenvalue weighted by Gasteiger charge is 2.26. The first kappa shape index (κ1) is 16.5. The van der Waals surface area contributed by atoms with E-state index in [1.54, 1.807) is 24.3 Å². The van der Waals surface area contributed by atoms with E-state index in [0.29, 0.717) is 22.9 Å². The molecule has 1 aliphatic carbocycles. The Balaban J connectivity index is 1.88.